The van der Waals surface area contributed by atoms with E-state index >= 15 is 0 Å². The summed E-state index contributed by atoms with van der Waals surface area (Å²) in [6, 6.07) is 5.52. The molecule has 1 N–H and O–H groups in total. The van der Waals surface area contributed by atoms with Gasteiger partial charge in [0.05, 0.1) is 23.2 Å². The van der Waals surface area contributed by atoms with Gasteiger partial charge in [0, 0.05) is 38.0 Å². The second kappa shape index (κ2) is 6.33. The van der Waals surface area contributed by atoms with Crippen LogP contribution in [-0.2, 0) is 19.5 Å². The number of aromatic amines is 1. The summed E-state index contributed by atoms with van der Waals surface area (Å²) in [6.07, 6.45) is 2.37. The lowest BCUT2D eigenvalue weighted by Crippen LogP contribution is -2.36. The van der Waals surface area contributed by atoms with Gasteiger partial charge in [-0.15, -0.1) is 0 Å². The molecule has 0 spiro atoms. The first-order valence-corrected chi connectivity index (χ1v) is 8.44. The number of nitrogens with zero attached hydrogens (tertiary/aromatic N) is 3. The molecule has 3 aromatic rings. The molecule has 0 amide bonds. The first-order chi connectivity index (χ1) is 12.1. The summed E-state index contributed by atoms with van der Waals surface area (Å²) in [7, 11) is 0. The number of fused-ring (bicyclic) bond motifs is 1. The van der Waals surface area contributed by atoms with Crippen molar-refractivity contribution in [2.45, 2.75) is 39.3 Å². The van der Waals surface area contributed by atoms with E-state index in [9.17, 15) is 4.79 Å². The van der Waals surface area contributed by atoms with Gasteiger partial charge in [-0.05, 0) is 12.1 Å². The maximum Gasteiger partial charge on any atom is 0.255 e. The highest BCUT2D eigenvalue weighted by molar-refractivity contribution is 5.49. The first-order valence-electron chi connectivity index (χ1n) is 8.44. The number of H-pyrrole nitrogens is 1. The van der Waals surface area contributed by atoms with Crippen LogP contribution >= 0.6 is 0 Å². The molecule has 0 bridgehead atoms. The molecule has 1 aliphatic heterocycles. The first kappa shape index (κ1) is 15.8. The van der Waals surface area contributed by atoms with E-state index in [0.717, 1.165) is 35.7 Å². The van der Waals surface area contributed by atoms with Crippen LogP contribution in [-0.4, -0.2) is 26.6 Å². The third-order valence-electron chi connectivity index (χ3n) is 4.42. The molecule has 1 aliphatic rings. The normalized spacial score (nSPS) is 14.8. The van der Waals surface area contributed by atoms with Gasteiger partial charge in [-0.1, -0.05) is 19.0 Å². The Kier molecular flexibility index (Phi) is 4.01. The van der Waals surface area contributed by atoms with Crippen molar-refractivity contribution in [2.24, 2.45) is 0 Å². The average molecular weight is 340 g/mol. The Balaban J connectivity index is 1.51. The zero-order chi connectivity index (χ0) is 17.4. The Hall–Kier alpha value is -2.67. The van der Waals surface area contributed by atoms with Gasteiger partial charge < -0.3 is 13.9 Å². The van der Waals surface area contributed by atoms with Gasteiger partial charge in [-0.25, -0.2) is 4.98 Å². The van der Waals surface area contributed by atoms with E-state index in [-0.39, 0.29) is 11.5 Å². The lowest BCUT2D eigenvalue weighted by Gasteiger charge is -2.27. The van der Waals surface area contributed by atoms with Crippen molar-refractivity contribution in [3.8, 4) is 11.5 Å². The number of aromatic nitrogens is 3. The fourth-order valence-corrected chi connectivity index (χ4v) is 3.06. The fourth-order valence-electron chi connectivity index (χ4n) is 3.06. The maximum absolute atomic E-state index is 12.4. The van der Waals surface area contributed by atoms with Crippen molar-refractivity contribution >= 4 is 0 Å². The summed E-state index contributed by atoms with van der Waals surface area (Å²) in [4.78, 5) is 22.1. The fraction of sp³-hybridized carbons (Fsp3) is 0.389. The molecule has 0 saturated heterocycles. The molecule has 0 atom stereocenters. The minimum absolute atomic E-state index is 0.0326. The predicted octanol–water partition coefficient (Wildman–Crippen LogP) is 2.70. The van der Waals surface area contributed by atoms with Gasteiger partial charge in [0.2, 0.25) is 5.76 Å². The summed E-state index contributed by atoms with van der Waals surface area (Å²) in [5.74, 6) is 2.24. The summed E-state index contributed by atoms with van der Waals surface area (Å²) in [5.41, 5.74) is 2.46. The summed E-state index contributed by atoms with van der Waals surface area (Å²) < 4.78 is 10.6. The Bertz CT molecular complexity index is 924. The second-order valence-corrected chi connectivity index (χ2v) is 6.65. The van der Waals surface area contributed by atoms with Crippen LogP contribution < -0.4 is 5.56 Å². The van der Waals surface area contributed by atoms with Gasteiger partial charge in [-0.3, -0.25) is 9.69 Å². The summed E-state index contributed by atoms with van der Waals surface area (Å²) in [5, 5.41) is 4.10. The average Bonchev–Trinajstić information content (AvgIpc) is 3.26. The largest absolute Gasteiger partial charge is 0.461 e. The monoisotopic (exact) mass is 340 g/mol. The third-order valence-corrected chi connectivity index (χ3v) is 4.42. The van der Waals surface area contributed by atoms with Gasteiger partial charge in [0.1, 0.15) is 5.82 Å². The highest BCUT2D eigenvalue weighted by Crippen LogP contribution is 2.23. The van der Waals surface area contributed by atoms with E-state index in [1.54, 1.807) is 6.26 Å². The molecule has 130 valence electrons. The van der Waals surface area contributed by atoms with Crippen LogP contribution in [0.3, 0.4) is 0 Å². The Labute approximate surface area is 144 Å². The van der Waals surface area contributed by atoms with Crippen molar-refractivity contribution in [1.82, 2.24) is 20.0 Å². The number of hydrogen-bond acceptors (Lipinski definition) is 6. The minimum Gasteiger partial charge on any atom is -0.461 e. The molecule has 0 saturated carbocycles. The lowest BCUT2D eigenvalue weighted by molar-refractivity contribution is 0.234. The van der Waals surface area contributed by atoms with E-state index < -0.39 is 0 Å². The van der Waals surface area contributed by atoms with Crippen molar-refractivity contribution in [3.63, 3.8) is 0 Å². The van der Waals surface area contributed by atoms with Crippen LogP contribution in [0.5, 0.6) is 0 Å². The maximum atomic E-state index is 12.4. The van der Waals surface area contributed by atoms with Crippen LogP contribution in [0.15, 0.2) is 38.2 Å². The predicted molar refractivity (Wildman–Crippen MR) is 91.0 cm³/mol. The second-order valence-electron chi connectivity index (χ2n) is 6.65. The number of nitrogens with one attached hydrogen (secondary N) is 1. The third kappa shape index (κ3) is 3.15. The van der Waals surface area contributed by atoms with Gasteiger partial charge in [-0.2, -0.15) is 0 Å². The molecule has 3 aromatic heterocycles. The van der Waals surface area contributed by atoms with Crippen LogP contribution in [0.2, 0.25) is 0 Å². The van der Waals surface area contributed by atoms with E-state index in [0.29, 0.717) is 24.6 Å². The van der Waals surface area contributed by atoms with Crippen molar-refractivity contribution in [1.29, 1.82) is 0 Å². The van der Waals surface area contributed by atoms with Crippen LogP contribution in [0, 0.1) is 0 Å². The standard InChI is InChI=1S/C18H20N4O3/c1-11(2)17-19-14-5-6-22(10-13(14)18(23)20-17)9-12-8-16(25-21-12)15-4-3-7-24-15/h3-4,7-8,11H,5-6,9-10H2,1-2H3,(H,19,20,23). The number of rotatable bonds is 4. The molecule has 4 heterocycles. The molecule has 7 heteroatoms. The van der Waals surface area contributed by atoms with Gasteiger partial charge in [0.15, 0.2) is 5.76 Å². The zero-order valence-electron chi connectivity index (χ0n) is 14.3. The van der Waals surface area contributed by atoms with Gasteiger partial charge in [0.25, 0.3) is 5.56 Å². The molecule has 0 radical (unpaired) electrons. The van der Waals surface area contributed by atoms with Gasteiger partial charge >= 0.3 is 0 Å². The molecule has 0 aliphatic carbocycles. The molecular weight excluding hydrogens is 320 g/mol. The quantitative estimate of drug-likeness (QED) is 0.785. The number of furan rings is 1. The highest BCUT2D eigenvalue weighted by Gasteiger charge is 2.23. The molecular formula is C18H20N4O3. The summed E-state index contributed by atoms with van der Waals surface area (Å²) >= 11 is 0. The molecule has 0 unspecified atom stereocenters. The van der Waals surface area contributed by atoms with Crippen molar-refractivity contribution in [2.75, 3.05) is 6.54 Å². The topological polar surface area (TPSA) is 88.2 Å². The van der Waals surface area contributed by atoms with E-state index in [4.69, 9.17) is 8.94 Å². The zero-order valence-corrected chi connectivity index (χ0v) is 14.3. The summed E-state index contributed by atoms with van der Waals surface area (Å²) in [6.45, 7) is 6.08. The van der Waals surface area contributed by atoms with Crippen LogP contribution in [0.25, 0.3) is 11.5 Å². The van der Waals surface area contributed by atoms with E-state index in [1.807, 2.05) is 32.0 Å². The molecule has 7 nitrogen and oxygen atoms in total. The minimum atomic E-state index is -0.0326. The Morgan fingerprint density at radius 1 is 1.36 bits per heavy atom. The molecule has 0 aromatic carbocycles. The molecule has 25 heavy (non-hydrogen) atoms. The van der Waals surface area contributed by atoms with E-state index in [2.05, 4.69) is 20.0 Å². The lowest BCUT2D eigenvalue weighted by atomic mass is 10.1. The van der Waals surface area contributed by atoms with E-state index in [1.165, 1.54) is 0 Å². The SMILES string of the molecule is CC(C)c1nc2c(c(=O)[nH]1)CN(Cc1cc(-c3ccco3)on1)CC2. The van der Waals surface area contributed by atoms with Crippen LogP contribution in [0.1, 0.15) is 42.5 Å². The van der Waals surface area contributed by atoms with Crippen molar-refractivity contribution < 1.29 is 8.94 Å². The highest BCUT2D eigenvalue weighted by atomic mass is 16.5. The number of hydrogen-bond donors (Lipinski definition) is 1. The molecule has 4 rings (SSSR count). The van der Waals surface area contributed by atoms with Crippen molar-refractivity contribution in [3.05, 3.63) is 57.6 Å². The Morgan fingerprint density at radius 2 is 2.24 bits per heavy atom. The smallest absolute Gasteiger partial charge is 0.255 e. The van der Waals surface area contributed by atoms with Crippen LogP contribution in [0.4, 0.5) is 0 Å². The Morgan fingerprint density at radius 3 is 3.00 bits per heavy atom. The molecule has 0 fully saturated rings.